The first kappa shape index (κ1) is 14.6. The number of primary amides is 1. The van der Waals surface area contributed by atoms with E-state index in [-0.39, 0.29) is 17.7 Å². The van der Waals surface area contributed by atoms with Gasteiger partial charge in [0.1, 0.15) is 5.69 Å². The number of nitrogens with one attached hydrogen (secondary N) is 1. The second-order valence-corrected chi connectivity index (χ2v) is 4.69. The summed E-state index contributed by atoms with van der Waals surface area (Å²) in [5.41, 5.74) is 3.79. The van der Waals surface area contributed by atoms with Gasteiger partial charge in [-0.15, -0.1) is 0 Å². The number of carboxylic acids is 1. The average molecular weight is 265 g/mol. The summed E-state index contributed by atoms with van der Waals surface area (Å²) in [5.74, 6) is -2.47. The molecule has 0 aliphatic carbocycles. The first-order valence-corrected chi connectivity index (χ1v) is 5.52. The van der Waals surface area contributed by atoms with E-state index in [2.05, 4.69) is 10.3 Å². The SMILES string of the molecule is CC(C)(CC(N)=O)NC(=O)c1ncccc1C(=O)O. The molecule has 0 saturated carbocycles. The molecule has 19 heavy (non-hydrogen) atoms. The first-order valence-electron chi connectivity index (χ1n) is 5.52. The van der Waals surface area contributed by atoms with Crippen molar-refractivity contribution in [1.82, 2.24) is 10.3 Å². The fourth-order valence-corrected chi connectivity index (χ4v) is 1.61. The van der Waals surface area contributed by atoms with Crippen LogP contribution in [-0.2, 0) is 4.79 Å². The summed E-state index contributed by atoms with van der Waals surface area (Å²) in [6.45, 7) is 3.22. The highest BCUT2D eigenvalue weighted by Gasteiger charge is 2.26. The molecule has 0 aromatic carbocycles. The van der Waals surface area contributed by atoms with Gasteiger partial charge in [-0.3, -0.25) is 14.6 Å². The number of hydrogen-bond donors (Lipinski definition) is 3. The maximum absolute atomic E-state index is 12.0. The number of aromatic nitrogens is 1. The van der Waals surface area contributed by atoms with Crippen LogP contribution in [0.4, 0.5) is 0 Å². The molecule has 0 saturated heterocycles. The molecule has 0 radical (unpaired) electrons. The fourth-order valence-electron chi connectivity index (χ4n) is 1.61. The van der Waals surface area contributed by atoms with Gasteiger partial charge >= 0.3 is 5.97 Å². The summed E-state index contributed by atoms with van der Waals surface area (Å²) in [6, 6.07) is 2.71. The predicted octanol–water partition coefficient (Wildman–Crippen LogP) is 0.164. The molecule has 1 aromatic rings. The molecule has 0 aliphatic rings. The first-order chi connectivity index (χ1) is 8.73. The van der Waals surface area contributed by atoms with Crippen LogP contribution in [0.2, 0.25) is 0 Å². The third-order valence-electron chi connectivity index (χ3n) is 2.32. The van der Waals surface area contributed by atoms with Gasteiger partial charge in [0.25, 0.3) is 5.91 Å². The van der Waals surface area contributed by atoms with Gasteiger partial charge in [-0.1, -0.05) is 0 Å². The van der Waals surface area contributed by atoms with Gasteiger partial charge in [-0.25, -0.2) is 4.79 Å². The Kier molecular flexibility index (Phi) is 4.21. The number of amides is 2. The van der Waals surface area contributed by atoms with Crippen molar-refractivity contribution in [1.29, 1.82) is 0 Å². The molecule has 0 atom stereocenters. The van der Waals surface area contributed by atoms with Crippen molar-refractivity contribution in [2.24, 2.45) is 5.73 Å². The summed E-state index contributed by atoms with van der Waals surface area (Å²) >= 11 is 0. The summed E-state index contributed by atoms with van der Waals surface area (Å²) in [5, 5.41) is 11.5. The van der Waals surface area contributed by atoms with E-state index < -0.39 is 23.3 Å². The summed E-state index contributed by atoms with van der Waals surface area (Å²) < 4.78 is 0. The van der Waals surface area contributed by atoms with E-state index in [4.69, 9.17) is 10.8 Å². The van der Waals surface area contributed by atoms with Gasteiger partial charge in [0.05, 0.1) is 5.56 Å². The maximum Gasteiger partial charge on any atom is 0.338 e. The second kappa shape index (κ2) is 5.47. The van der Waals surface area contributed by atoms with Crippen molar-refractivity contribution < 1.29 is 19.5 Å². The minimum Gasteiger partial charge on any atom is -0.478 e. The molecule has 0 fully saturated rings. The second-order valence-electron chi connectivity index (χ2n) is 4.69. The van der Waals surface area contributed by atoms with E-state index in [0.29, 0.717) is 0 Å². The Morgan fingerprint density at radius 3 is 2.58 bits per heavy atom. The summed E-state index contributed by atoms with van der Waals surface area (Å²) in [6.07, 6.45) is 1.26. The highest BCUT2D eigenvalue weighted by molar-refractivity contribution is 6.03. The molecule has 7 nitrogen and oxygen atoms in total. The Morgan fingerprint density at radius 1 is 1.42 bits per heavy atom. The van der Waals surface area contributed by atoms with Gasteiger partial charge in [-0.05, 0) is 26.0 Å². The van der Waals surface area contributed by atoms with E-state index in [1.807, 2.05) is 0 Å². The number of aromatic carboxylic acids is 1. The van der Waals surface area contributed by atoms with Crippen LogP contribution in [0.5, 0.6) is 0 Å². The number of carbonyl (C=O) groups excluding carboxylic acids is 2. The zero-order chi connectivity index (χ0) is 14.6. The van der Waals surface area contributed by atoms with Crippen molar-refractivity contribution >= 4 is 17.8 Å². The van der Waals surface area contributed by atoms with Crippen molar-refractivity contribution in [3.63, 3.8) is 0 Å². The Labute approximate surface area is 109 Å². The molecule has 0 spiro atoms. The van der Waals surface area contributed by atoms with Crippen LogP contribution in [0.15, 0.2) is 18.3 Å². The topological polar surface area (TPSA) is 122 Å². The van der Waals surface area contributed by atoms with Crippen LogP contribution in [0, 0.1) is 0 Å². The van der Waals surface area contributed by atoms with Gasteiger partial charge in [0.2, 0.25) is 5.91 Å². The molecular weight excluding hydrogens is 250 g/mol. The number of carboxylic acid groups (broad SMARTS) is 1. The van der Waals surface area contributed by atoms with Crippen LogP contribution in [0.1, 0.15) is 41.1 Å². The Balaban J connectivity index is 2.96. The molecular formula is C12H15N3O4. The van der Waals surface area contributed by atoms with Gasteiger partial charge < -0.3 is 16.2 Å². The normalized spacial score (nSPS) is 10.8. The van der Waals surface area contributed by atoms with E-state index in [9.17, 15) is 14.4 Å². The van der Waals surface area contributed by atoms with Crippen molar-refractivity contribution in [3.05, 3.63) is 29.6 Å². The van der Waals surface area contributed by atoms with Crippen LogP contribution in [0.3, 0.4) is 0 Å². The Bertz CT molecular complexity index is 525. The predicted molar refractivity (Wildman–Crippen MR) is 66.6 cm³/mol. The standard InChI is InChI=1S/C12H15N3O4/c1-12(2,6-8(13)16)15-10(17)9-7(11(18)19)4-3-5-14-9/h3-5H,6H2,1-2H3,(H2,13,16)(H,15,17)(H,18,19). The van der Waals surface area contributed by atoms with Crippen molar-refractivity contribution in [2.75, 3.05) is 0 Å². The quantitative estimate of drug-likeness (QED) is 0.700. The number of rotatable bonds is 5. The number of nitrogens with zero attached hydrogens (tertiary/aromatic N) is 1. The summed E-state index contributed by atoms with van der Waals surface area (Å²) in [7, 11) is 0. The largest absolute Gasteiger partial charge is 0.478 e. The molecule has 0 bridgehead atoms. The summed E-state index contributed by atoms with van der Waals surface area (Å²) in [4.78, 5) is 37.6. The molecule has 1 heterocycles. The molecule has 0 unspecified atom stereocenters. The van der Waals surface area contributed by atoms with E-state index >= 15 is 0 Å². The number of nitrogens with two attached hydrogens (primary N) is 1. The lowest BCUT2D eigenvalue weighted by Crippen LogP contribution is -2.46. The van der Waals surface area contributed by atoms with E-state index in [1.54, 1.807) is 13.8 Å². The minimum absolute atomic E-state index is 0.0615. The number of hydrogen-bond acceptors (Lipinski definition) is 4. The fraction of sp³-hybridized carbons (Fsp3) is 0.333. The van der Waals surface area contributed by atoms with Gasteiger partial charge in [0, 0.05) is 18.2 Å². The third-order valence-corrected chi connectivity index (χ3v) is 2.32. The number of pyridine rings is 1. The zero-order valence-corrected chi connectivity index (χ0v) is 10.6. The lowest BCUT2D eigenvalue weighted by Gasteiger charge is -2.24. The Morgan fingerprint density at radius 2 is 2.05 bits per heavy atom. The lowest BCUT2D eigenvalue weighted by atomic mass is 9.99. The van der Waals surface area contributed by atoms with E-state index in [0.717, 1.165) is 0 Å². The van der Waals surface area contributed by atoms with Crippen molar-refractivity contribution in [3.8, 4) is 0 Å². The highest BCUT2D eigenvalue weighted by atomic mass is 16.4. The Hall–Kier alpha value is -2.44. The van der Waals surface area contributed by atoms with Crippen LogP contribution >= 0.6 is 0 Å². The van der Waals surface area contributed by atoms with Crippen LogP contribution < -0.4 is 11.1 Å². The monoisotopic (exact) mass is 265 g/mol. The molecule has 2 amide bonds. The van der Waals surface area contributed by atoms with Crippen LogP contribution in [-0.4, -0.2) is 33.4 Å². The molecule has 7 heteroatoms. The van der Waals surface area contributed by atoms with Crippen LogP contribution in [0.25, 0.3) is 0 Å². The molecule has 1 aromatic heterocycles. The average Bonchev–Trinajstić information content (AvgIpc) is 2.26. The smallest absolute Gasteiger partial charge is 0.338 e. The lowest BCUT2D eigenvalue weighted by molar-refractivity contribution is -0.119. The zero-order valence-electron chi connectivity index (χ0n) is 10.6. The molecule has 4 N–H and O–H groups in total. The molecule has 0 aliphatic heterocycles. The van der Waals surface area contributed by atoms with E-state index in [1.165, 1.54) is 18.3 Å². The van der Waals surface area contributed by atoms with Crippen molar-refractivity contribution in [2.45, 2.75) is 25.8 Å². The van der Waals surface area contributed by atoms with Gasteiger partial charge in [-0.2, -0.15) is 0 Å². The highest BCUT2D eigenvalue weighted by Crippen LogP contribution is 2.11. The maximum atomic E-state index is 12.0. The molecule has 1 rings (SSSR count). The van der Waals surface area contributed by atoms with Gasteiger partial charge in [0.15, 0.2) is 0 Å². The number of carbonyl (C=O) groups is 3. The third kappa shape index (κ3) is 4.06. The molecule has 102 valence electrons. The minimum atomic E-state index is -1.24.